The van der Waals surface area contributed by atoms with Crippen LogP contribution in [0.15, 0.2) is 18.2 Å². The van der Waals surface area contributed by atoms with E-state index in [1.165, 1.54) is 0 Å². The molecule has 0 aliphatic carbocycles. The molecule has 1 nitrogen and oxygen atoms in total. The molecule has 1 aromatic rings. The molecule has 13 heavy (non-hydrogen) atoms. The maximum Gasteiger partial charge on any atom is 0.127 e. The van der Waals surface area contributed by atoms with Crippen LogP contribution in [0.25, 0.3) is 0 Å². The Morgan fingerprint density at radius 2 is 2.31 bits per heavy atom. The molecule has 0 fully saturated rings. The zero-order chi connectivity index (χ0) is 9.84. The molecular formula is C10H10ClIO. The number of hydrogen-bond donors (Lipinski definition) is 0. The number of benzene rings is 1. The van der Waals surface area contributed by atoms with Crippen molar-refractivity contribution in [3.63, 3.8) is 0 Å². The minimum Gasteiger partial charge on any atom is -0.303 e. The SMILES string of the molecule is CC(C=O)c1ccc(CCl)c(I)c1. The van der Waals surface area contributed by atoms with E-state index in [1.807, 2.05) is 25.1 Å². The summed E-state index contributed by atoms with van der Waals surface area (Å²) in [5.41, 5.74) is 2.16. The summed E-state index contributed by atoms with van der Waals surface area (Å²) in [6, 6.07) is 5.94. The molecule has 1 aromatic carbocycles. The molecule has 0 heterocycles. The molecule has 0 amide bonds. The van der Waals surface area contributed by atoms with Crippen LogP contribution in [0.3, 0.4) is 0 Å². The maximum atomic E-state index is 10.5. The van der Waals surface area contributed by atoms with Crippen molar-refractivity contribution in [3.05, 3.63) is 32.9 Å². The van der Waals surface area contributed by atoms with Crippen molar-refractivity contribution in [2.24, 2.45) is 0 Å². The third-order valence-corrected chi connectivity index (χ3v) is 3.24. The fourth-order valence-electron chi connectivity index (χ4n) is 1.03. The molecule has 1 rings (SSSR count). The molecule has 1 unspecified atom stereocenters. The fraction of sp³-hybridized carbons (Fsp3) is 0.300. The Bertz CT molecular complexity index is 312. The lowest BCUT2D eigenvalue weighted by Crippen LogP contribution is -1.96. The van der Waals surface area contributed by atoms with E-state index >= 15 is 0 Å². The largest absolute Gasteiger partial charge is 0.303 e. The lowest BCUT2D eigenvalue weighted by Gasteiger charge is -2.06. The Labute approximate surface area is 96.6 Å². The minimum absolute atomic E-state index is 0.0297. The quantitative estimate of drug-likeness (QED) is 0.475. The smallest absolute Gasteiger partial charge is 0.127 e. The number of halogens is 2. The van der Waals surface area contributed by atoms with Gasteiger partial charge in [-0.15, -0.1) is 11.6 Å². The van der Waals surface area contributed by atoms with Crippen LogP contribution in [0.2, 0.25) is 0 Å². The average Bonchev–Trinajstić information content (AvgIpc) is 2.16. The minimum atomic E-state index is -0.0297. The molecule has 0 aliphatic heterocycles. The predicted octanol–water partition coefficient (Wildman–Crippen LogP) is 3.33. The molecule has 0 saturated carbocycles. The molecule has 0 aliphatic rings. The number of carbonyl (C=O) groups is 1. The van der Waals surface area contributed by atoms with E-state index in [9.17, 15) is 4.79 Å². The second-order valence-corrected chi connectivity index (χ2v) is 4.34. The third kappa shape index (κ3) is 2.68. The number of hydrogen-bond acceptors (Lipinski definition) is 1. The van der Waals surface area contributed by atoms with Gasteiger partial charge in [0.05, 0.1) is 0 Å². The van der Waals surface area contributed by atoms with Crippen LogP contribution < -0.4 is 0 Å². The summed E-state index contributed by atoms with van der Waals surface area (Å²) in [6.45, 7) is 1.89. The highest BCUT2D eigenvalue weighted by molar-refractivity contribution is 14.1. The average molecular weight is 309 g/mol. The molecule has 0 N–H and O–H groups in total. The monoisotopic (exact) mass is 308 g/mol. The van der Waals surface area contributed by atoms with Gasteiger partial charge >= 0.3 is 0 Å². The van der Waals surface area contributed by atoms with Gasteiger partial charge in [0.25, 0.3) is 0 Å². The summed E-state index contributed by atoms with van der Waals surface area (Å²) >= 11 is 7.96. The van der Waals surface area contributed by atoms with E-state index in [2.05, 4.69) is 22.6 Å². The predicted molar refractivity (Wildman–Crippen MR) is 63.2 cm³/mol. The first-order valence-electron chi connectivity index (χ1n) is 3.98. The lowest BCUT2D eigenvalue weighted by molar-refractivity contribution is -0.108. The highest BCUT2D eigenvalue weighted by atomic mass is 127. The van der Waals surface area contributed by atoms with Crippen LogP contribution in [0, 0.1) is 3.57 Å². The van der Waals surface area contributed by atoms with Gasteiger partial charge in [0, 0.05) is 15.4 Å². The molecule has 0 spiro atoms. The standard InChI is InChI=1S/C10H10ClIO/c1-7(6-13)8-2-3-9(5-11)10(12)4-8/h2-4,6-7H,5H2,1H3. The molecule has 70 valence electrons. The van der Waals surface area contributed by atoms with E-state index in [-0.39, 0.29) is 5.92 Å². The number of carbonyl (C=O) groups excluding carboxylic acids is 1. The number of aldehydes is 1. The normalized spacial score (nSPS) is 12.5. The van der Waals surface area contributed by atoms with Crippen LogP contribution in [0.1, 0.15) is 24.0 Å². The Hall–Kier alpha value is -0.0900. The summed E-state index contributed by atoms with van der Waals surface area (Å²) in [6.07, 6.45) is 0.950. The molecule has 0 aromatic heterocycles. The van der Waals surface area contributed by atoms with Crippen LogP contribution in [-0.2, 0) is 10.7 Å². The maximum absolute atomic E-state index is 10.5. The van der Waals surface area contributed by atoms with E-state index < -0.39 is 0 Å². The first kappa shape index (κ1) is 11.0. The molecule has 0 radical (unpaired) electrons. The van der Waals surface area contributed by atoms with E-state index in [4.69, 9.17) is 11.6 Å². The zero-order valence-electron chi connectivity index (χ0n) is 7.26. The van der Waals surface area contributed by atoms with Crippen molar-refractivity contribution in [2.45, 2.75) is 18.7 Å². The summed E-state index contributed by atoms with van der Waals surface area (Å²) in [5, 5.41) is 0. The molecule has 0 saturated heterocycles. The highest BCUT2D eigenvalue weighted by Gasteiger charge is 2.05. The summed E-state index contributed by atoms with van der Waals surface area (Å²) < 4.78 is 1.12. The van der Waals surface area contributed by atoms with Crippen LogP contribution in [0.4, 0.5) is 0 Å². The summed E-state index contributed by atoms with van der Waals surface area (Å²) in [5.74, 6) is 0.492. The van der Waals surface area contributed by atoms with Gasteiger partial charge in [0.2, 0.25) is 0 Å². The fourth-order valence-corrected chi connectivity index (χ4v) is 2.22. The van der Waals surface area contributed by atoms with Gasteiger partial charge in [-0.3, -0.25) is 0 Å². The van der Waals surface area contributed by atoms with Crippen molar-refractivity contribution in [2.75, 3.05) is 0 Å². The second kappa shape index (κ2) is 4.96. The first-order chi connectivity index (χ1) is 6.19. The van der Waals surface area contributed by atoms with Crippen molar-refractivity contribution >= 4 is 40.5 Å². The highest BCUT2D eigenvalue weighted by Crippen LogP contribution is 2.20. The number of alkyl halides is 1. The van der Waals surface area contributed by atoms with Crippen molar-refractivity contribution in [1.82, 2.24) is 0 Å². The topological polar surface area (TPSA) is 17.1 Å². The van der Waals surface area contributed by atoms with Gasteiger partial charge in [-0.2, -0.15) is 0 Å². The third-order valence-electron chi connectivity index (χ3n) is 1.95. The molecule has 0 bridgehead atoms. The van der Waals surface area contributed by atoms with Crippen molar-refractivity contribution in [3.8, 4) is 0 Å². The Balaban J connectivity index is 3.02. The van der Waals surface area contributed by atoms with Crippen molar-refractivity contribution < 1.29 is 4.79 Å². The van der Waals surface area contributed by atoms with Gasteiger partial charge in [0.15, 0.2) is 0 Å². The van der Waals surface area contributed by atoms with Crippen LogP contribution in [0.5, 0.6) is 0 Å². The van der Waals surface area contributed by atoms with Gasteiger partial charge in [0.1, 0.15) is 6.29 Å². The van der Waals surface area contributed by atoms with Crippen LogP contribution in [-0.4, -0.2) is 6.29 Å². The molecular weight excluding hydrogens is 298 g/mol. The van der Waals surface area contributed by atoms with E-state index in [0.29, 0.717) is 5.88 Å². The van der Waals surface area contributed by atoms with Gasteiger partial charge in [-0.05, 0) is 39.8 Å². The van der Waals surface area contributed by atoms with Gasteiger partial charge in [-0.1, -0.05) is 19.1 Å². The first-order valence-corrected chi connectivity index (χ1v) is 5.60. The molecule has 1 atom stereocenters. The Morgan fingerprint density at radius 1 is 1.62 bits per heavy atom. The Morgan fingerprint density at radius 3 is 2.77 bits per heavy atom. The second-order valence-electron chi connectivity index (χ2n) is 2.91. The molecule has 3 heteroatoms. The zero-order valence-corrected chi connectivity index (χ0v) is 10.2. The lowest BCUT2D eigenvalue weighted by atomic mass is 10.0. The Kier molecular flexibility index (Phi) is 4.19. The van der Waals surface area contributed by atoms with Crippen LogP contribution >= 0.6 is 34.2 Å². The van der Waals surface area contributed by atoms with Crippen molar-refractivity contribution in [1.29, 1.82) is 0 Å². The van der Waals surface area contributed by atoms with E-state index in [1.54, 1.807) is 0 Å². The van der Waals surface area contributed by atoms with Gasteiger partial charge < -0.3 is 4.79 Å². The summed E-state index contributed by atoms with van der Waals surface area (Å²) in [4.78, 5) is 10.5. The van der Waals surface area contributed by atoms with Gasteiger partial charge in [-0.25, -0.2) is 0 Å². The number of rotatable bonds is 3. The summed E-state index contributed by atoms with van der Waals surface area (Å²) in [7, 11) is 0. The van der Waals surface area contributed by atoms with E-state index in [0.717, 1.165) is 21.0 Å².